The molecule has 0 saturated heterocycles. The smallest absolute Gasteiger partial charge is 0.137 e. The molecule has 3 heteroatoms. The third kappa shape index (κ3) is 3.86. The van der Waals surface area contributed by atoms with Crippen LogP contribution in [0.15, 0.2) is 156 Å². The SMILES string of the molecule is c1ccc(-c2ccccc2N(c2ccc3c(c2)oc2ccccc23)c2ccc3ccc4c5ccccc5sc4c3c2)cc1. The number of nitrogens with zero attached hydrogens (tertiary/aromatic N) is 1. The highest BCUT2D eigenvalue weighted by Crippen LogP contribution is 2.45. The number of fused-ring (bicyclic) bond motifs is 8. The largest absolute Gasteiger partial charge is 0.456 e. The predicted octanol–water partition coefficient (Wildman–Crippen LogP) is 12.2. The van der Waals surface area contributed by atoms with Crippen molar-refractivity contribution in [3.05, 3.63) is 152 Å². The van der Waals surface area contributed by atoms with Gasteiger partial charge in [0.1, 0.15) is 11.2 Å². The average molecular weight is 568 g/mol. The minimum absolute atomic E-state index is 0.883. The fourth-order valence-corrected chi connectivity index (χ4v) is 7.67. The second kappa shape index (κ2) is 9.59. The van der Waals surface area contributed by atoms with E-state index < -0.39 is 0 Å². The summed E-state index contributed by atoms with van der Waals surface area (Å²) in [5.41, 5.74) is 7.42. The molecule has 0 bridgehead atoms. The summed E-state index contributed by atoms with van der Waals surface area (Å²) in [6.45, 7) is 0. The van der Waals surface area contributed by atoms with Gasteiger partial charge in [-0.05, 0) is 53.4 Å². The highest BCUT2D eigenvalue weighted by molar-refractivity contribution is 7.26. The third-order valence-electron chi connectivity index (χ3n) is 8.45. The molecule has 0 aliphatic heterocycles. The summed E-state index contributed by atoms with van der Waals surface area (Å²) in [6.07, 6.45) is 0. The van der Waals surface area contributed by atoms with Crippen molar-refractivity contribution in [1.82, 2.24) is 0 Å². The van der Waals surface area contributed by atoms with E-state index in [4.69, 9.17) is 4.42 Å². The Kier molecular flexibility index (Phi) is 5.40. The zero-order chi connectivity index (χ0) is 28.3. The topological polar surface area (TPSA) is 16.4 Å². The first-order chi connectivity index (χ1) is 21.3. The van der Waals surface area contributed by atoms with Crippen LogP contribution in [0.2, 0.25) is 0 Å². The van der Waals surface area contributed by atoms with Gasteiger partial charge in [0.25, 0.3) is 0 Å². The standard InChI is InChI=1S/C40H25NOS/c1-2-10-26(11-3-1)30-12-4-7-15-36(30)41(29-21-23-32-31-13-5-8-16-37(31)42-38(32)25-29)28-20-18-27-19-22-34-33-14-6-9-17-39(33)43-40(34)35(27)24-28/h1-25H. The second-order valence-corrected chi connectivity index (χ2v) is 12.0. The molecule has 2 nitrogen and oxygen atoms in total. The van der Waals surface area contributed by atoms with Crippen molar-refractivity contribution in [3.63, 3.8) is 0 Å². The van der Waals surface area contributed by atoms with E-state index in [0.29, 0.717) is 0 Å². The van der Waals surface area contributed by atoms with Crippen molar-refractivity contribution in [1.29, 1.82) is 0 Å². The van der Waals surface area contributed by atoms with E-state index in [1.807, 2.05) is 23.5 Å². The summed E-state index contributed by atoms with van der Waals surface area (Å²) in [4.78, 5) is 2.38. The van der Waals surface area contributed by atoms with Crippen LogP contribution in [0, 0.1) is 0 Å². The molecule has 7 aromatic carbocycles. The van der Waals surface area contributed by atoms with Crippen molar-refractivity contribution in [2.24, 2.45) is 0 Å². The van der Waals surface area contributed by atoms with Crippen LogP contribution in [0.25, 0.3) is 64.0 Å². The average Bonchev–Trinajstić information content (AvgIpc) is 3.64. The molecule has 0 aliphatic rings. The molecule has 202 valence electrons. The molecule has 2 heterocycles. The number of hydrogen-bond donors (Lipinski definition) is 0. The lowest BCUT2D eigenvalue weighted by atomic mass is 10.0. The van der Waals surface area contributed by atoms with E-state index in [1.54, 1.807) is 0 Å². The monoisotopic (exact) mass is 567 g/mol. The summed E-state index contributed by atoms with van der Waals surface area (Å²) < 4.78 is 9.01. The molecule has 0 radical (unpaired) electrons. The summed E-state index contributed by atoms with van der Waals surface area (Å²) in [5, 5.41) is 7.40. The van der Waals surface area contributed by atoms with Crippen LogP contribution >= 0.6 is 11.3 Å². The number of thiophene rings is 1. The van der Waals surface area contributed by atoms with Gasteiger partial charge in [-0.2, -0.15) is 0 Å². The molecule has 2 aromatic heterocycles. The van der Waals surface area contributed by atoms with Crippen LogP contribution in [0.3, 0.4) is 0 Å². The zero-order valence-electron chi connectivity index (χ0n) is 23.2. The van der Waals surface area contributed by atoms with E-state index in [0.717, 1.165) is 39.0 Å². The molecule has 9 rings (SSSR count). The van der Waals surface area contributed by atoms with Gasteiger partial charge in [-0.15, -0.1) is 11.3 Å². The van der Waals surface area contributed by atoms with E-state index in [9.17, 15) is 0 Å². The van der Waals surface area contributed by atoms with Gasteiger partial charge in [-0.1, -0.05) is 103 Å². The van der Waals surface area contributed by atoms with Gasteiger partial charge in [0.15, 0.2) is 0 Å². The van der Waals surface area contributed by atoms with E-state index in [1.165, 1.54) is 42.1 Å². The van der Waals surface area contributed by atoms with E-state index in [2.05, 4.69) is 144 Å². The van der Waals surface area contributed by atoms with Gasteiger partial charge >= 0.3 is 0 Å². The first-order valence-electron chi connectivity index (χ1n) is 14.5. The summed E-state index contributed by atoms with van der Waals surface area (Å²) in [7, 11) is 0. The number of hydrogen-bond acceptors (Lipinski definition) is 3. The molecule has 0 atom stereocenters. The van der Waals surface area contributed by atoms with Gasteiger partial charge in [-0.25, -0.2) is 0 Å². The molecule has 43 heavy (non-hydrogen) atoms. The maximum atomic E-state index is 6.37. The van der Waals surface area contributed by atoms with Gasteiger partial charge in [-0.3, -0.25) is 0 Å². The van der Waals surface area contributed by atoms with Crippen LogP contribution in [-0.4, -0.2) is 0 Å². The Bertz CT molecular complexity index is 2470. The summed E-state index contributed by atoms with van der Waals surface area (Å²) in [5.74, 6) is 0. The third-order valence-corrected chi connectivity index (χ3v) is 9.67. The molecule has 0 spiro atoms. The highest BCUT2D eigenvalue weighted by atomic mass is 32.1. The van der Waals surface area contributed by atoms with Crippen molar-refractivity contribution in [2.75, 3.05) is 4.90 Å². The normalized spacial score (nSPS) is 11.7. The van der Waals surface area contributed by atoms with Crippen LogP contribution in [-0.2, 0) is 0 Å². The van der Waals surface area contributed by atoms with Gasteiger partial charge in [0.2, 0.25) is 0 Å². The first kappa shape index (κ1) is 24.2. The van der Waals surface area contributed by atoms with Crippen LogP contribution < -0.4 is 4.90 Å². The Balaban J connectivity index is 1.32. The number of rotatable bonds is 4. The maximum absolute atomic E-state index is 6.37. The lowest BCUT2D eigenvalue weighted by Crippen LogP contribution is -2.11. The number of anilines is 3. The van der Waals surface area contributed by atoms with Crippen molar-refractivity contribution >= 4 is 81.3 Å². The van der Waals surface area contributed by atoms with Crippen LogP contribution in [0.1, 0.15) is 0 Å². The molecule has 0 N–H and O–H groups in total. The summed E-state index contributed by atoms with van der Waals surface area (Å²) in [6, 6.07) is 54.3. The molecule has 0 unspecified atom stereocenters. The minimum Gasteiger partial charge on any atom is -0.456 e. The van der Waals surface area contributed by atoms with Crippen molar-refractivity contribution in [3.8, 4) is 11.1 Å². The second-order valence-electron chi connectivity index (χ2n) is 10.9. The molecule has 0 amide bonds. The van der Waals surface area contributed by atoms with Crippen molar-refractivity contribution < 1.29 is 4.42 Å². The van der Waals surface area contributed by atoms with Crippen LogP contribution in [0.5, 0.6) is 0 Å². The minimum atomic E-state index is 0.883. The molecule has 9 aromatic rings. The summed E-state index contributed by atoms with van der Waals surface area (Å²) >= 11 is 1.87. The molecular formula is C40H25NOS. The molecule has 0 fully saturated rings. The number of para-hydroxylation sites is 2. The predicted molar refractivity (Wildman–Crippen MR) is 184 cm³/mol. The Hall–Kier alpha value is -5.38. The molecule has 0 aliphatic carbocycles. The molecule has 0 saturated carbocycles. The Labute approximate surface area is 252 Å². The Morgan fingerprint density at radius 2 is 1.14 bits per heavy atom. The lowest BCUT2D eigenvalue weighted by Gasteiger charge is -2.28. The van der Waals surface area contributed by atoms with Gasteiger partial charge < -0.3 is 9.32 Å². The fraction of sp³-hybridized carbons (Fsp3) is 0. The van der Waals surface area contributed by atoms with E-state index >= 15 is 0 Å². The number of furan rings is 1. The quantitative estimate of drug-likeness (QED) is 0.210. The Morgan fingerprint density at radius 1 is 0.465 bits per heavy atom. The zero-order valence-corrected chi connectivity index (χ0v) is 24.0. The highest BCUT2D eigenvalue weighted by Gasteiger charge is 2.20. The maximum Gasteiger partial charge on any atom is 0.137 e. The van der Waals surface area contributed by atoms with Gasteiger partial charge in [0.05, 0.1) is 5.69 Å². The first-order valence-corrected chi connectivity index (χ1v) is 15.3. The lowest BCUT2D eigenvalue weighted by molar-refractivity contribution is 0.669. The van der Waals surface area contributed by atoms with E-state index in [-0.39, 0.29) is 0 Å². The van der Waals surface area contributed by atoms with Crippen LogP contribution in [0.4, 0.5) is 17.1 Å². The Morgan fingerprint density at radius 3 is 2.07 bits per heavy atom. The fourth-order valence-electron chi connectivity index (χ4n) is 6.44. The van der Waals surface area contributed by atoms with Crippen molar-refractivity contribution in [2.45, 2.75) is 0 Å². The molecular weight excluding hydrogens is 543 g/mol. The number of benzene rings is 7. The van der Waals surface area contributed by atoms with Gasteiger partial charge in [0, 0.05) is 59.3 Å².